The van der Waals surface area contributed by atoms with Gasteiger partial charge in [0.1, 0.15) is 0 Å². The molecule has 0 saturated carbocycles. The van der Waals surface area contributed by atoms with Crippen molar-refractivity contribution < 1.29 is 0 Å². The highest BCUT2D eigenvalue weighted by Crippen LogP contribution is 2.64. The summed E-state index contributed by atoms with van der Waals surface area (Å²) in [6, 6.07) is 62.5. The normalized spacial score (nSPS) is 15.7. The van der Waals surface area contributed by atoms with Crippen LogP contribution in [-0.4, -0.2) is 19.9 Å². The third kappa shape index (κ3) is 5.60. The Morgan fingerprint density at radius 2 is 0.984 bits per heavy atom. The second-order valence-corrected chi connectivity index (χ2v) is 16.1. The van der Waals surface area contributed by atoms with Crippen molar-refractivity contribution in [3.8, 4) is 78.5 Å². The van der Waals surface area contributed by atoms with Crippen LogP contribution in [0.5, 0.6) is 0 Å². The monoisotopic (exact) mass is 778 g/mol. The molecular formula is C57H38N4. The van der Waals surface area contributed by atoms with Crippen LogP contribution in [0.4, 0.5) is 0 Å². The van der Waals surface area contributed by atoms with E-state index in [1.165, 1.54) is 55.7 Å². The van der Waals surface area contributed by atoms with Crippen LogP contribution in [0.1, 0.15) is 35.1 Å². The van der Waals surface area contributed by atoms with Gasteiger partial charge in [-0.25, -0.2) is 9.97 Å². The molecule has 0 fully saturated rings. The Labute approximate surface area is 355 Å². The van der Waals surface area contributed by atoms with E-state index in [-0.39, 0.29) is 5.41 Å². The van der Waals surface area contributed by atoms with Gasteiger partial charge in [-0.3, -0.25) is 9.97 Å². The van der Waals surface area contributed by atoms with Crippen molar-refractivity contribution in [3.05, 3.63) is 234 Å². The lowest BCUT2D eigenvalue weighted by Crippen LogP contribution is -2.27. The molecule has 1 spiro atoms. The summed E-state index contributed by atoms with van der Waals surface area (Å²) < 4.78 is 0. The Kier molecular flexibility index (Phi) is 8.17. The van der Waals surface area contributed by atoms with Gasteiger partial charge in [0.2, 0.25) is 0 Å². The quantitative estimate of drug-likeness (QED) is 0.169. The van der Waals surface area contributed by atoms with Gasteiger partial charge in [-0.2, -0.15) is 0 Å². The Bertz CT molecular complexity index is 3200. The molecule has 4 nitrogen and oxygen atoms in total. The Hall–Kier alpha value is -7.82. The molecule has 3 heterocycles. The molecule has 3 aliphatic rings. The van der Waals surface area contributed by atoms with Gasteiger partial charge in [-0.15, -0.1) is 0 Å². The van der Waals surface area contributed by atoms with Crippen LogP contribution in [0.25, 0.3) is 84.1 Å². The number of hydrogen-bond donors (Lipinski definition) is 0. The second kappa shape index (κ2) is 14.2. The predicted molar refractivity (Wildman–Crippen MR) is 247 cm³/mol. The highest BCUT2D eigenvalue weighted by molar-refractivity contribution is 6.00. The van der Waals surface area contributed by atoms with Crippen molar-refractivity contribution in [3.63, 3.8) is 0 Å². The number of fused-ring (bicyclic) bond motifs is 9. The first-order chi connectivity index (χ1) is 30.2. The van der Waals surface area contributed by atoms with Gasteiger partial charge in [0.05, 0.1) is 22.5 Å². The van der Waals surface area contributed by atoms with Crippen molar-refractivity contribution in [2.45, 2.75) is 18.3 Å². The van der Waals surface area contributed by atoms with Crippen molar-refractivity contribution in [2.75, 3.05) is 0 Å². The van der Waals surface area contributed by atoms with Gasteiger partial charge in [-0.1, -0.05) is 170 Å². The fourth-order valence-corrected chi connectivity index (χ4v) is 10.0. The van der Waals surface area contributed by atoms with Crippen LogP contribution in [-0.2, 0) is 5.41 Å². The van der Waals surface area contributed by atoms with E-state index >= 15 is 0 Å². The van der Waals surface area contributed by atoms with Crippen molar-refractivity contribution in [2.24, 2.45) is 0 Å². The maximum absolute atomic E-state index is 5.09. The van der Waals surface area contributed by atoms with E-state index < -0.39 is 0 Å². The SMILES string of the molecule is C1=CC2=C(CC1)C1(c3ccccc32)c2ccncc2-c2c1ccnc2-c1ccc(-c2ccc(-c3cc(-c4ccc(-c5ccccc5)cc4)nc(-c4ccccc4)n3)cc2)cc1. The van der Waals surface area contributed by atoms with Crippen LogP contribution in [0.2, 0.25) is 0 Å². The molecule has 0 radical (unpaired) electrons. The molecule has 3 aliphatic carbocycles. The minimum Gasteiger partial charge on any atom is -0.264 e. The first kappa shape index (κ1) is 35.2. The molecule has 4 heteroatoms. The first-order valence-corrected chi connectivity index (χ1v) is 21.0. The Balaban J connectivity index is 0.888. The lowest BCUT2D eigenvalue weighted by atomic mass is 9.68. The molecule has 6 aromatic carbocycles. The molecule has 3 aromatic heterocycles. The number of pyridine rings is 2. The molecule has 0 saturated heterocycles. The van der Waals surface area contributed by atoms with Crippen molar-refractivity contribution in [1.29, 1.82) is 0 Å². The average molecular weight is 779 g/mol. The number of allylic oxidation sites excluding steroid dienone is 4. The zero-order valence-corrected chi connectivity index (χ0v) is 33.3. The number of hydrogen-bond acceptors (Lipinski definition) is 4. The first-order valence-electron chi connectivity index (χ1n) is 21.0. The van der Waals surface area contributed by atoms with Gasteiger partial charge in [-0.05, 0) is 86.7 Å². The van der Waals surface area contributed by atoms with Crippen LogP contribution in [0.15, 0.2) is 212 Å². The fourth-order valence-electron chi connectivity index (χ4n) is 10.0. The summed E-state index contributed by atoms with van der Waals surface area (Å²) in [6.45, 7) is 0. The van der Waals surface area contributed by atoms with E-state index in [1.807, 2.05) is 36.7 Å². The van der Waals surface area contributed by atoms with Crippen LogP contribution >= 0.6 is 0 Å². The van der Waals surface area contributed by atoms with Crippen molar-refractivity contribution >= 4 is 5.57 Å². The van der Waals surface area contributed by atoms with Gasteiger partial charge < -0.3 is 0 Å². The fraction of sp³-hybridized carbons (Fsp3) is 0.0526. The van der Waals surface area contributed by atoms with E-state index in [2.05, 4.69) is 175 Å². The molecule has 9 aromatic rings. The zero-order chi connectivity index (χ0) is 40.3. The molecular weight excluding hydrogens is 741 g/mol. The van der Waals surface area contributed by atoms with E-state index in [0.29, 0.717) is 5.82 Å². The third-order valence-corrected chi connectivity index (χ3v) is 12.8. The summed E-state index contributed by atoms with van der Waals surface area (Å²) in [5, 5.41) is 0. The van der Waals surface area contributed by atoms with Gasteiger partial charge in [0.15, 0.2) is 5.82 Å². The molecule has 61 heavy (non-hydrogen) atoms. The molecule has 0 N–H and O–H groups in total. The van der Waals surface area contributed by atoms with Crippen LogP contribution in [0.3, 0.4) is 0 Å². The summed E-state index contributed by atoms with van der Waals surface area (Å²) in [5.41, 5.74) is 21.8. The number of rotatable bonds is 6. The summed E-state index contributed by atoms with van der Waals surface area (Å²) in [6.07, 6.45) is 12.8. The zero-order valence-electron chi connectivity index (χ0n) is 33.3. The minimum atomic E-state index is -0.344. The van der Waals surface area contributed by atoms with E-state index in [0.717, 1.165) is 63.3 Å². The molecule has 1 unspecified atom stereocenters. The van der Waals surface area contributed by atoms with Gasteiger partial charge in [0, 0.05) is 52.0 Å². The van der Waals surface area contributed by atoms with E-state index in [1.54, 1.807) is 0 Å². The molecule has 0 amide bonds. The molecule has 286 valence electrons. The summed E-state index contributed by atoms with van der Waals surface area (Å²) in [5.74, 6) is 0.704. The largest absolute Gasteiger partial charge is 0.264 e. The smallest absolute Gasteiger partial charge is 0.160 e. The molecule has 0 aliphatic heterocycles. The maximum Gasteiger partial charge on any atom is 0.160 e. The summed E-state index contributed by atoms with van der Waals surface area (Å²) in [7, 11) is 0. The minimum absolute atomic E-state index is 0.344. The molecule has 0 bridgehead atoms. The van der Waals surface area contributed by atoms with Crippen LogP contribution in [0, 0.1) is 0 Å². The highest BCUT2D eigenvalue weighted by atomic mass is 14.9. The molecule has 12 rings (SSSR count). The predicted octanol–water partition coefficient (Wildman–Crippen LogP) is 13.7. The third-order valence-electron chi connectivity index (χ3n) is 12.8. The molecule has 1 atom stereocenters. The number of nitrogens with zero attached hydrogens (tertiary/aromatic N) is 4. The van der Waals surface area contributed by atoms with E-state index in [9.17, 15) is 0 Å². The lowest BCUT2D eigenvalue weighted by molar-refractivity contribution is 0.712. The van der Waals surface area contributed by atoms with Crippen molar-refractivity contribution in [1.82, 2.24) is 19.9 Å². The van der Waals surface area contributed by atoms with E-state index in [4.69, 9.17) is 15.0 Å². The summed E-state index contributed by atoms with van der Waals surface area (Å²) in [4.78, 5) is 19.9. The summed E-state index contributed by atoms with van der Waals surface area (Å²) >= 11 is 0. The van der Waals surface area contributed by atoms with Gasteiger partial charge in [0.25, 0.3) is 0 Å². The average Bonchev–Trinajstić information content (AvgIpc) is 3.82. The highest BCUT2D eigenvalue weighted by Gasteiger charge is 2.53. The van der Waals surface area contributed by atoms with Crippen LogP contribution < -0.4 is 0 Å². The van der Waals surface area contributed by atoms with Gasteiger partial charge >= 0.3 is 0 Å². The standard InChI is InChI=1S/C57H38N4/c1-3-11-37(12-4-1)38-19-25-41(26-20-38)52-35-53(61-56(60-52)44-13-5-2-6-14-44)42-27-21-39(22-28-42)40-23-29-43(30-24-40)55-54-47-36-58-33-31-50(47)57(51(54)32-34-59-55)48-17-9-7-15-45(48)46-16-8-10-18-49(46)57/h1-9,11-17,19-36H,10,18H2. The second-order valence-electron chi connectivity index (χ2n) is 16.1. The lowest BCUT2D eigenvalue weighted by Gasteiger charge is -2.33. The number of aromatic nitrogens is 4. The number of benzene rings is 6. The topological polar surface area (TPSA) is 51.6 Å². The Morgan fingerprint density at radius 3 is 1.66 bits per heavy atom. The maximum atomic E-state index is 5.09. The Morgan fingerprint density at radius 1 is 0.443 bits per heavy atom.